The number of ketones is 1. The number of carbonyl (C=O) groups excluding carboxylic acids is 1. The number of fused-ring (bicyclic) bond motifs is 2. The molecule has 0 atom stereocenters. The summed E-state index contributed by atoms with van der Waals surface area (Å²) in [7, 11) is 0. The molecule has 4 aromatic rings. The topological polar surface area (TPSA) is 91.5 Å². The Morgan fingerprint density at radius 1 is 1.07 bits per heavy atom. The summed E-state index contributed by atoms with van der Waals surface area (Å²) in [6, 6.07) is 12.0. The van der Waals surface area contributed by atoms with E-state index in [1.807, 2.05) is 48.0 Å². The Morgan fingerprint density at radius 2 is 1.83 bits per heavy atom. The predicted octanol–water partition coefficient (Wildman–Crippen LogP) is 4.78. The van der Waals surface area contributed by atoms with Crippen LogP contribution in [0.4, 0.5) is 0 Å². The highest BCUT2D eigenvalue weighted by atomic mass is 16.1. The maximum absolute atomic E-state index is 13.9. The van der Waals surface area contributed by atoms with Gasteiger partial charge in [0.05, 0.1) is 5.52 Å². The van der Waals surface area contributed by atoms with E-state index in [0.29, 0.717) is 16.9 Å². The van der Waals surface area contributed by atoms with Gasteiger partial charge in [-0.05, 0) is 70.0 Å². The van der Waals surface area contributed by atoms with E-state index < -0.39 is 0 Å². The van der Waals surface area contributed by atoms with Gasteiger partial charge in [-0.15, -0.1) is 0 Å². The molecule has 0 unspecified atom stereocenters. The minimum atomic E-state index is -0.124. The van der Waals surface area contributed by atoms with Gasteiger partial charge in [0.1, 0.15) is 5.70 Å². The number of pyridine rings is 1. The standard InChI is InChI=1S/C32H37N7O2/c1-3-33-27(30(40)26-22-38(20-19-36-15-6-7-16-36)28-10-5-4-9-25(26)28)21-23(2)37-17-12-24(13-18-37)39-29-11-8-14-34-31(29)35-32(39)41/h3-5,8-11,14,21-22,24H,2,6-7,12-13,15-20H2,1H3,(H,34,35,41)/b27-21-,33-3?. The highest BCUT2D eigenvalue weighted by Crippen LogP contribution is 2.28. The minimum absolute atomic E-state index is 0.0786. The van der Waals surface area contributed by atoms with Crippen molar-refractivity contribution in [1.82, 2.24) is 28.9 Å². The van der Waals surface area contributed by atoms with E-state index in [1.165, 1.54) is 12.8 Å². The Hall–Kier alpha value is -4.24. The second kappa shape index (κ2) is 11.7. The number of nitrogens with one attached hydrogen (secondary N) is 1. The fraction of sp³-hybridized carbons (Fsp3) is 0.375. The van der Waals surface area contributed by atoms with E-state index >= 15 is 0 Å². The molecule has 2 saturated heterocycles. The average molecular weight is 552 g/mol. The molecule has 0 bridgehead atoms. The predicted molar refractivity (Wildman–Crippen MR) is 164 cm³/mol. The molecule has 9 heteroatoms. The molecule has 0 amide bonds. The smallest absolute Gasteiger partial charge is 0.327 e. The number of aromatic nitrogens is 4. The fourth-order valence-electron chi connectivity index (χ4n) is 6.29. The van der Waals surface area contributed by atoms with Gasteiger partial charge in [0, 0.05) is 73.0 Å². The third kappa shape index (κ3) is 5.41. The van der Waals surface area contributed by atoms with Crippen LogP contribution in [0.5, 0.6) is 0 Å². The van der Waals surface area contributed by atoms with Crippen molar-refractivity contribution in [2.75, 3.05) is 32.7 Å². The Labute approximate surface area is 239 Å². The number of benzene rings is 1. The molecule has 0 radical (unpaired) electrons. The number of rotatable bonds is 9. The SMILES string of the molecule is C=C(/C=C(\N=CC)C(=O)c1cn(CCN2CCCC2)c2ccccc12)N1CCC(n2c(=O)[nH]c3ncccc32)CC1. The third-order valence-corrected chi connectivity index (χ3v) is 8.42. The van der Waals surface area contributed by atoms with Gasteiger partial charge in [-0.3, -0.25) is 19.3 Å². The summed E-state index contributed by atoms with van der Waals surface area (Å²) in [5, 5.41) is 0.946. The minimum Gasteiger partial charge on any atom is -0.372 e. The molecule has 0 saturated carbocycles. The summed E-state index contributed by atoms with van der Waals surface area (Å²) in [5.74, 6) is -0.104. The molecule has 6 rings (SSSR count). The monoisotopic (exact) mass is 551 g/mol. The van der Waals surface area contributed by atoms with E-state index in [0.717, 1.165) is 74.2 Å². The molecular formula is C32H37N7O2. The van der Waals surface area contributed by atoms with Crippen LogP contribution in [0.2, 0.25) is 0 Å². The lowest BCUT2D eigenvalue weighted by molar-refractivity contribution is 0.103. The molecule has 212 valence electrons. The van der Waals surface area contributed by atoms with Crippen LogP contribution >= 0.6 is 0 Å². The first-order valence-corrected chi connectivity index (χ1v) is 14.6. The number of H-pyrrole nitrogens is 1. The normalized spacial score (nSPS) is 17.4. The number of Topliss-reactive ketones (excluding diaryl/α,β-unsaturated/α-hetero) is 1. The lowest BCUT2D eigenvalue weighted by atomic mass is 10.0. The van der Waals surface area contributed by atoms with E-state index in [4.69, 9.17) is 0 Å². The van der Waals surface area contributed by atoms with Crippen LogP contribution in [0.3, 0.4) is 0 Å². The van der Waals surface area contributed by atoms with Crippen molar-refractivity contribution >= 4 is 34.1 Å². The first-order valence-electron chi connectivity index (χ1n) is 14.6. The largest absolute Gasteiger partial charge is 0.372 e. The summed E-state index contributed by atoms with van der Waals surface area (Å²) < 4.78 is 4.03. The number of nitrogens with zero attached hydrogens (tertiary/aromatic N) is 6. The van der Waals surface area contributed by atoms with Gasteiger partial charge in [-0.1, -0.05) is 24.8 Å². The number of aromatic amines is 1. The molecule has 0 spiro atoms. The van der Waals surface area contributed by atoms with Crippen LogP contribution in [0.1, 0.15) is 49.0 Å². The second-order valence-electron chi connectivity index (χ2n) is 10.9. The zero-order valence-corrected chi connectivity index (χ0v) is 23.6. The number of piperidine rings is 1. The average Bonchev–Trinajstić information content (AvgIpc) is 3.72. The molecule has 1 aromatic carbocycles. The number of hydrogen-bond acceptors (Lipinski definition) is 6. The van der Waals surface area contributed by atoms with Gasteiger partial charge >= 0.3 is 5.69 Å². The first kappa shape index (κ1) is 27.0. The molecule has 41 heavy (non-hydrogen) atoms. The van der Waals surface area contributed by atoms with Crippen molar-refractivity contribution in [3.05, 3.63) is 88.9 Å². The van der Waals surface area contributed by atoms with Crippen molar-refractivity contribution in [2.24, 2.45) is 4.99 Å². The van der Waals surface area contributed by atoms with Crippen LogP contribution in [0.15, 0.2) is 82.6 Å². The number of allylic oxidation sites excluding steroid dienone is 2. The quantitative estimate of drug-likeness (QED) is 0.140. The maximum Gasteiger partial charge on any atom is 0.327 e. The zero-order valence-electron chi connectivity index (χ0n) is 23.6. The molecule has 2 aliphatic heterocycles. The van der Waals surface area contributed by atoms with Gasteiger partial charge in [0.2, 0.25) is 5.78 Å². The number of carbonyl (C=O) groups is 1. The Kier molecular flexibility index (Phi) is 7.69. The van der Waals surface area contributed by atoms with Gasteiger partial charge in [0.15, 0.2) is 5.65 Å². The van der Waals surface area contributed by atoms with Gasteiger partial charge in [0.25, 0.3) is 0 Å². The number of para-hydroxylation sites is 1. The number of aliphatic imine (C=N–C) groups is 1. The molecule has 3 aromatic heterocycles. The van der Waals surface area contributed by atoms with Crippen molar-refractivity contribution in [2.45, 2.75) is 45.2 Å². The third-order valence-electron chi connectivity index (χ3n) is 8.42. The van der Waals surface area contributed by atoms with E-state index in [9.17, 15) is 9.59 Å². The maximum atomic E-state index is 13.9. The van der Waals surface area contributed by atoms with Crippen LogP contribution < -0.4 is 5.69 Å². The number of hydrogen-bond donors (Lipinski definition) is 1. The fourth-order valence-corrected chi connectivity index (χ4v) is 6.29. The van der Waals surface area contributed by atoms with Crippen LogP contribution in [-0.2, 0) is 6.54 Å². The highest BCUT2D eigenvalue weighted by molar-refractivity contribution is 6.16. The highest BCUT2D eigenvalue weighted by Gasteiger charge is 2.25. The Bertz CT molecular complexity index is 1690. The van der Waals surface area contributed by atoms with Crippen molar-refractivity contribution in [3.63, 3.8) is 0 Å². The second-order valence-corrected chi connectivity index (χ2v) is 10.9. The molecule has 9 nitrogen and oxygen atoms in total. The van der Waals surface area contributed by atoms with E-state index in [-0.39, 0.29) is 17.5 Å². The number of likely N-dealkylation sites (tertiary alicyclic amines) is 2. The lowest BCUT2D eigenvalue weighted by Gasteiger charge is -2.34. The zero-order chi connectivity index (χ0) is 28.3. The van der Waals surface area contributed by atoms with Gasteiger partial charge < -0.3 is 14.4 Å². The summed E-state index contributed by atoms with van der Waals surface area (Å²) >= 11 is 0. The van der Waals surface area contributed by atoms with Crippen LogP contribution in [0, 0.1) is 0 Å². The molecule has 5 heterocycles. The number of imidazole rings is 1. The first-order chi connectivity index (χ1) is 20.0. The summed E-state index contributed by atoms with van der Waals surface area (Å²) in [4.78, 5) is 42.8. The molecule has 0 aliphatic carbocycles. The van der Waals surface area contributed by atoms with E-state index in [1.54, 1.807) is 18.5 Å². The Balaban J connectivity index is 1.19. The molecule has 2 aliphatic rings. The van der Waals surface area contributed by atoms with Crippen molar-refractivity contribution < 1.29 is 4.79 Å². The molecular weight excluding hydrogens is 514 g/mol. The van der Waals surface area contributed by atoms with Crippen LogP contribution in [-0.4, -0.2) is 73.6 Å². The van der Waals surface area contributed by atoms with Gasteiger partial charge in [-0.2, -0.15) is 0 Å². The molecule has 1 N–H and O–H groups in total. The van der Waals surface area contributed by atoms with Crippen molar-refractivity contribution in [1.29, 1.82) is 0 Å². The van der Waals surface area contributed by atoms with Crippen molar-refractivity contribution in [3.8, 4) is 0 Å². The Morgan fingerprint density at radius 3 is 2.61 bits per heavy atom. The van der Waals surface area contributed by atoms with Gasteiger partial charge in [-0.25, -0.2) is 9.78 Å². The van der Waals surface area contributed by atoms with Crippen LogP contribution in [0.25, 0.3) is 22.1 Å². The summed E-state index contributed by atoms with van der Waals surface area (Å²) in [5.41, 5.74) is 4.19. The summed E-state index contributed by atoms with van der Waals surface area (Å²) in [6.07, 6.45) is 11.3. The van der Waals surface area contributed by atoms with E-state index in [2.05, 4.69) is 42.0 Å². The lowest BCUT2D eigenvalue weighted by Crippen LogP contribution is -2.36. The summed E-state index contributed by atoms with van der Waals surface area (Å²) in [6.45, 7) is 11.7. The molecule has 2 fully saturated rings.